The van der Waals surface area contributed by atoms with Crippen molar-refractivity contribution in [3.63, 3.8) is 0 Å². The lowest BCUT2D eigenvalue weighted by Gasteiger charge is -1.91. The molecule has 0 bridgehead atoms. The summed E-state index contributed by atoms with van der Waals surface area (Å²) in [5.74, 6) is -0.397. The predicted molar refractivity (Wildman–Crippen MR) is 36.0 cm³/mol. The lowest BCUT2D eigenvalue weighted by atomic mass is 10.1. The minimum atomic E-state index is -0.397. The van der Waals surface area contributed by atoms with Crippen molar-refractivity contribution in [2.75, 3.05) is 0 Å². The molecule has 0 atom stereocenters. The predicted octanol–water partition coefficient (Wildman–Crippen LogP) is 1.57. The molecule has 0 N–H and O–H groups in total. The van der Waals surface area contributed by atoms with Gasteiger partial charge in [0.05, 0.1) is 5.56 Å². The molecule has 0 amide bonds. The van der Waals surface area contributed by atoms with Crippen LogP contribution in [0, 0.1) is 22.7 Å². The number of hydrogen-bond donors (Lipinski definition) is 0. The van der Waals surface area contributed by atoms with Gasteiger partial charge in [0.15, 0.2) is 5.75 Å². The normalized spacial score (nSPS) is 8.18. The van der Waals surface area contributed by atoms with Crippen LogP contribution in [-0.4, -0.2) is 0 Å². The molecular weight excluding hydrogens is 140 g/mol. The fraction of sp³-hybridized carbons (Fsp3) is 0. The van der Waals surface area contributed by atoms with Gasteiger partial charge >= 0.3 is 0 Å². The van der Waals surface area contributed by atoms with Crippen molar-refractivity contribution >= 4 is 0 Å². The number of rotatable bonds is 0. The molecule has 1 aromatic rings. The third kappa shape index (κ3) is 1.12. The second kappa shape index (κ2) is 2.72. The Morgan fingerprint density at radius 1 is 1.18 bits per heavy atom. The topological polar surface area (TPSA) is 67.5 Å². The summed E-state index contributed by atoms with van der Waals surface area (Å²) >= 11 is 0. The Bertz CT molecular complexity index is 357. The third-order valence-corrected chi connectivity index (χ3v) is 1.26. The molecule has 0 fully saturated rings. The smallest absolute Gasteiger partial charge is 0.197 e. The van der Waals surface area contributed by atoms with Crippen molar-refractivity contribution in [3.8, 4) is 17.9 Å². The van der Waals surface area contributed by atoms with E-state index < -0.39 is 5.75 Å². The van der Waals surface area contributed by atoms with Crippen LogP contribution >= 0.6 is 0 Å². The first-order valence-electron chi connectivity index (χ1n) is 2.90. The van der Waals surface area contributed by atoms with Crippen LogP contribution in [-0.2, 0) is 5.11 Å². The first kappa shape index (κ1) is 7.11. The van der Waals surface area contributed by atoms with Crippen molar-refractivity contribution in [2.45, 2.75) is 0 Å². The number of nitriles is 2. The van der Waals surface area contributed by atoms with Crippen LogP contribution in [0.3, 0.4) is 0 Å². The molecule has 1 aromatic carbocycles. The van der Waals surface area contributed by atoms with Crippen LogP contribution < -0.4 is 0 Å². The molecule has 0 heterocycles. The Balaban J connectivity index is 3.42. The molecule has 0 aliphatic heterocycles. The van der Waals surface area contributed by atoms with E-state index in [0.717, 1.165) is 0 Å². The largest absolute Gasteiger partial charge is 0.288 e. The van der Waals surface area contributed by atoms with Crippen molar-refractivity contribution in [2.24, 2.45) is 0 Å². The maximum Gasteiger partial charge on any atom is 0.197 e. The van der Waals surface area contributed by atoms with Gasteiger partial charge in [-0.05, 0) is 12.1 Å². The monoisotopic (exact) mass is 143 g/mol. The van der Waals surface area contributed by atoms with Gasteiger partial charge in [-0.15, -0.1) is 0 Å². The van der Waals surface area contributed by atoms with E-state index in [2.05, 4.69) is 0 Å². The zero-order chi connectivity index (χ0) is 8.27. The quantitative estimate of drug-likeness (QED) is 0.553. The first-order chi connectivity index (χ1) is 5.29. The Morgan fingerprint density at radius 3 is 2.36 bits per heavy atom. The molecule has 0 spiro atoms. The van der Waals surface area contributed by atoms with E-state index in [1.807, 2.05) is 0 Å². The average molecular weight is 143 g/mol. The van der Waals surface area contributed by atoms with E-state index in [0.29, 0.717) is 0 Å². The maximum absolute atomic E-state index is 10.9. The molecule has 1 radical (unpaired) electrons. The summed E-state index contributed by atoms with van der Waals surface area (Å²) in [6.07, 6.45) is 0. The lowest BCUT2D eigenvalue weighted by molar-refractivity contribution is 0.353. The minimum absolute atomic E-state index is 0.0741. The SMILES string of the molecule is N#Cc1cccc([O])c1C#N. The number of benzene rings is 1. The van der Waals surface area contributed by atoms with Crippen LogP contribution in [0.15, 0.2) is 18.2 Å². The van der Waals surface area contributed by atoms with Crippen LogP contribution in [0.25, 0.3) is 0 Å². The summed E-state index contributed by atoms with van der Waals surface area (Å²) in [4.78, 5) is 0. The van der Waals surface area contributed by atoms with Gasteiger partial charge in [-0.1, -0.05) is 6.07 Å². The van der Waals surface area contributed by atoms with Crippen molar-refractivity contribution < 1.29 is 5.11 Å². The van der Waals surface area contributed by atoms with Gasteiger partial charge in [0.25, 0.3) is 0 Å². The van der Waals surface area contributed by atoms with Crippen LogP contribution in [0.4, 0.5) is 0 Å². The van der Waals surface area contributed by atoms with Crippen molar-refractivity contribution in [1.29, 1.82) is 10.5 Å². The lowest BCUT2D eigenvalue weighted by Crippen LogP contribution is -1.81. The summed E-state index contributed by atoms with van der Waals surface area (Å²) in [5.41, 5.74) is 0.0648. The summed E-state index contributed by atoms with van der Waals surface area (Å²) < 4.78 is 0. The van der Waals surface area contributed by atoms with E-state index in [4.69, 9.17) is 10.5 Å². The van der Waals surface area contributed by atoms with Gasteiger partial charge in [-0.2, -0.15) is 10.5 Å². The van der Waals surface area contributed by atoms with Gasteiger partial charge in [-0.25, -0.2) is 0 Å². The van der Waals surface area contributed by atoms with E-state index in [9.17, 15) is 5.11 Å². The van der Waals surface area contributed by atoms with E-state index in [1.165, 1.54) is 18.2 Å². The summed E-state index contributed by atoms with van der Waals surface area (Å²) in [7, 11) is 0. The van der Waals surface area contributed by atoms with E-state index in [-0.39, 0.29) is 11.1 Å². The second-order valence-corrected chi connectivity index (χ2v) is 1.90. The van der Waals surface area contributed by atoms with Gasteiger partial charge in [0.1, 0.15) is 17.7 Å². The standard InChI is InChI=1S/C8H3N2O/c9-4-6-2-1-3-8(11)7(6)5-10/h1-3H. The highest BCUT2D eigenvalue weighted by Gasteiger charge is 2.06. The molecule has 1 rings (SSSR count). The molecule has 0 aliphatic rings. The Hall–Kier alpha value is -2.00. The fourth-order valence-corrected chi connectivity index (χ4v) is 0.740. The Labute approximate surface area is 63.7 Å². The number of hydrogen-bond acceptors (Lipinski definition) is 2. The molecule has 0 aliphatic carbocycles. The summed E-state index contributed by atoms with van der Waals surface area (Å²) in [6, 6.07) is 7.61. The van der Waals surface area contributed by atoms with Gasteiger partial charge < -0.3 is 0 Å². The fourth-order valence-electron chi connectivity index (χ4n) is 0.740. The first-order valence-corrected chi connectivity index (χ1v) is 2.90. The van der Waals surface area contributed by atoms with E-state index in [1.54, 1.807) is 12.1 Å². The van der Waals surface area contributed by atoms with Crippen LogP contribution in [0.2, 0.25) is 0 Å². The molecule has 11 heavy (non-hydrogen) atoms. The maximum atomic E-state index is 10.9. The molecule has 0 unspecified atom stereocenters. The van der Waals surface area contributed by atoms with Crippen LogP contribution in [0.1, 0.15) is 11.1 Å². The molecular formula is C8H3N2O. The zero-order valence-electron chi connectivity index (χ0n) is 5.53. The van der Waals surface area contributed by atoms with Gasteiger partial charge in [-0.3, -0.25) is 5.11 Å². The summed E-state index contributed by atoms with van der Waals surface area (Å²) in [6.45, 7) is 0. The highest BCUT2D eigenvalue weighted by molar-refractivity contribution is 5.52. The molecule has 0 aromatic heterocycles. The number of nitrogens with zero attached hydrogens (tertiary/aromatic N) is 2. The van der Waals surface area contributed by atoms with Crippen molar-refractivity contribution in [1.82, 2.24) is 0 Å². The van der Waals surface area contributed by atoms with Crippen molar-refractivity contribution in [3.05, 3.63) is 29.3 Å². The van der Waals surface area contributed by atoms with Crippen LogP contribution in [0.5, 0.6) is 5.75 Å². The minimum Gasteiger partial charge on any atom is -0.288 e. The highest BCUT2D eigenvalue weighted by Crippen LogP contribution is 2.19. The molecule has 3 nitrogen and oxygen atoms in total. The zero-order valence-corrected chi connectivity index (χ0v) is 5.53. The third-order valence-electron chi connectivity index (χ3n) is 1.26. The van der Waals surface area contributed by atoms with Gasteiger partial charge in [0, 0.05) is 0 Å². The van der Waals surface area contributed by atoms with E-state index >= 15 is 0 Å². The highest BCUT2D eigenvalue weighted by atomic mass is 16.3. The molecule has 0 saturated heterocycles. The molecule has 3 heteroatoms. The average Bonchev–Trinajstić information content (AvgIpc) is 2.04. The molecule has 51 valence electrons. The Morgan fingerprint density at radius 2 is 1.91 bits per heavy atom. The molecule has 0 saturated carbocycles. The Kier molecular flexibility index (Phi) is 1.76. The second-order valence-electron chi connectivity index (χ2n) is 1.90. The summed E-state index contributed by atoms with van der Waals surface area (Å²) in [5, 5.41) is 27.7. The van der Waals surface area contributed by atoms with Gasteiger partial charge in [0.2, 0.25) is 0 Å².